The van der Waals surface area contributed by atoms with Crippen LogP contribution in [0.4, 0.5) is 5.13 Å². The highest BCUT2D eigenvalue weighted by Crippen LogP contribution is 2.26. The Hall–Kier alpha value is -3.65. The first-order valence-corrected chi connectivity index (χ1v) is 9.20. The van der Waals surface area contributed by atoms with Crippen LogP contribution in [0.2, 0.25) is 0 Å². The number of benzene rings is 1. The molecule has 1 aromatic carbocycles. The summed E-state index contributed by atoms with van der Waals surface area (Å²) in [5.41, 5.74) is 1.21. The number of para-hydroxylation sites is 1. The minimum Gasteiger partial charge on any atom is -0.496 e. The maximum absolute atomic E-state index is 12.8. The molecule has 8 heteroatoms. The normalized spacial score (nSPS) is 10.6. The number of anilines is 1. The predicted octanol–water partition coefficient (Wildman–Crippen LogP) is 3.81. The highest BCUT2D eigenvalue weighted by molar-refractivity contribution is 7.14. The van der Waals surface area contributed by atoms with E-state index in [-0.39, 0.29) is 16.9 Å². The zero-order chi connectivity index (χ0) is 19.5. The van der Waals surface area contributed by atoms with E-state index in [1.807, 2.05) is 18.2 Å². The second kappa shape index (κ2) is 7.53. The number of methoxy groups -OCH3 is 1. The number of thiazole rings is 1. The number of pyridine rings is 1. The number of carbonyl (C=O) groups excluding carboxylic acids is 1. The van der Waals surface area contributed by atoms with Crippen molar-refractivity contribution in [1.82, 2.24) is 9.55 Å². The van der Waals surface area contributed by atoms with Crippen LogP contribution < -0.4 is 15.6 Å². The number of carbonyl (C=O) groups is 1. The average molecular weight is 393 g/mol. The molecule has 140 valence electrons. The standard InChI is InChI=1S/C20H15N3O4S/c1-26-17-10-18(24)23(13-6-3-2-4-7-13)11-14(17)19(25)22-20-21-15(12-28-20)16-8-5-9-27-16/h2-12H,1H3,(H,21,22,25). The number of ether oxygens (including phenoxy) is 1. The Kier molecular flexibility index (Phi) is 4.77. The molecule has 0 saturated heterocycles. The minimum atomic E-state index is -0.429. The third-order valence-corrected chi connectivity index (χ3v) is 4.77. The fourth-order valence-electron chi connectivity index (χ4n) is 2.68. The summed E-state index contributed by atoms with van der Waals surface area (Å²) in [4.78, 5) is 29.6. The number of rotatable bonds is 5. The first-order valence-electron chi connectivity index (χ1n) is 8.32. The van der Waals surface area contributed by atoms with Crippen LogP contribution in [0, 0.1) is 0 Å². The highest BCUT2D eigenvalue weighted by Gasteiger charge is 2.18. The van der Waals surface area contributed by atoms with Crippen molar-refractivity contribution in [3.8, 4) is 22.9 Å². The van der Waals surface area contributed by atoms with Crippen LogP contribution in [0.25, 0.3) is 17.1 Å². The summed E-state index contributed by atoms with van der Waals surface area (Å²) in [5.74, 6) is 0.381. The molecule has 0 bridgehead atoms. The van der Waals surface area contributed by atoms with Crippen molar-refractivity contribution in [1.29, 1.82) is 0 Å². The van der Waals surface area contributed by atoms with Gasteiger partial charge in [0.2, 0.25) is 0 Å². The first-order chi connectivity index (χ1) is 13.7. The van der Waals surface area contributed by atoms with Gasteiger partial charge in [0.1, 0.15) is 11.4 Å². The van der Waals surface area contributed by atoms with Crippen LogP contribution in [0.1, 0.15) is 10.4 Å². The lowest BCUT2D eigenvalue weighted by Gasteiger charge is -2.12. The summed E-state index contributed by atoms with van der Waals surface area (Å²) in [5, 5.41) is 4.95. The molecule has 28 heavy (non-hydrogen) atoms. The van der Waals surface area contributed by atoms with E-state index in [1.165, 1.54) is 35.3 Å². The fraction of sp³-hybridized carbons (Fsp3) is 0.0500. The lowest BCUT2D eigenvalue weighted by Crippen LogP contribution is -2.22. The van der Waals surface area contributed by atoms with Crippen molar-refractivity contribution in [2.24, 2.45) is 0 Å². The maximum Gasteiger partial charge on any atom is 0.262 e. The zero-order valence-corrected chi connectivity index (χ0v) is 15.6. The molecule has 0 spiro atoms. The molecular weight excluding hydrogens is 378 g/mol. The third kappa shape index (κ3) is 3.45. The number of amides is 1. The maximum atomic E-state index is 12.8. The van der Waals surface area contributed by atoms with Crippen molar-refractivity contribution < 1.29 is 13.9 Å². The summed E-state index contributed by atoms with van der Waals surface area (Å²) in [7, 11) is 1.41. The predicted molar refractivity (Wildman–Crippen MR) is 106 cm³/mol. The third-order valence-electron chi connectivity index (χ3n) is 4.01. The monoisotopic (exact) mass is 393 g/mol. The lowest BCUT2D eigenvalue weighted by molar-refractivity contribution is 0.102. The van der Waals surface area contributed by atoms with Crippen molar-refractivity contribution in [2.75, 3.05) is 12.4 Å². The Labute approximate surface area is 163 Å². The molecule has 0 fully saturated rings. The van der Waals surface area contributed by atoms with Crippen molar-refractivity contribution >= 4 is 22.4 Å². The van der Waals surface area contributed by atoms with Crippen LogP contribution in [0.15, 0.2) is 75.6 Å². The van der Waals surface area contributed by atoms with Crippen LogP contribution in [-0.2, 0) is 0 Å². The summed E-state index contributed by atoms with van der Waals surface area (Å²) >= 11 is 1.28. The van der Waals surface area contributed by atoms with Gasteiger partial charge < -0.3 is 9.15 Å². The van der Waals surface area contributed by atoms with Gasteiger partial charge in [-0.3, -0.25) is 19.5 Å². The van der Waals surface area contributed by atoms with Crippen molar-refractivity contribution in [2.45, 2.75) is 0 Å². The number of aromatic nitrogens is 2. The summed E-state index contributed by atoms with van der Waals surface area (Å²) in [6, 6.07) is 13.9. The number of hydrogen-bond donors (Lipinski definition) is 1. The van der Waals surface area contributed by atoms with Crippen LogP contribution in [0.3, 0.4) is 0 Å². The van der Waals surface area contributed by atoms with Gasteiger partial charge in [-0.25, -0.2) is 4.98 Å². The van der Waals surface area contributed by atoms with Crippen LogP contribution in [-0.4, -0.2) is 22.6 Å². The second-order valence-electron chi connectivity index (χ2n) is 5.77. The number of hydrogen-bond acceptors (Lipinski definition) is 6. The molecule has 3 heterocycles. The second-order valence-corrected chi connectivity index (χ2v) is 6.63. The SMILES string of the molecule is COc1cc(=O)n(-c2ccccc2)cc1C(=O)Nc1nc(-c2ccco2)cs1. The summed E-state index contributed by atoms with van der Waals surface area (Å²) in [6.07, 6.45) is 3.03. The van der Waals surface area contributed by atoms with Crippen LogP contribution in [0.5, 0.6) is 5.75 Å². The smallest absolute Gasteiger partial charge is 0.262 e. The van der Waals surface area contributed by atoms with Gasteiger partial charge in [-0.1, -0.05) is 18.2 Å². The average Bonchev–Trinajstić information content (AvgIpc) is 3.40. The Bertz CT molecular complexity index is 1160. The number of furan rings is 1. The van der Waals surface area contributed by atoms with E-state index >= 15 is 0 Å². The number of nitrogens with one attached hydrogen (secondary N) is 1. The molecule has 4 aromatic rings. The molecule has 0 aliphatic carbocycles. The molecule has 1 amide bonds. The van der Waals surface area contributed by atoms with Crippen LogP contribution >= 0.6 is 11.3 Å². The number of nitrogens with zero attached hydrogens (tertiary/aromatic N) is 2. The van der Waals surface area contributed by atoms with E-state index in [2.05, 4.69) is 10.3 Å². The van der Waals surface area contributed by atoms with E-state index in [0.717, 1.165) is 0 Å². The zero-order valence-electron chi connectivity index (χ0n) is 14.8. The molecule has 0 aliphatic heterocycles. The molecule has 0 aliphatic rings. The highest BCUT2D eigenvalue weighted by atomic mass is 32.1. The molecule has 1 N–H and O–H groups in total. The molecule has 0 radical (unpaired) electrons. The molecule has 0 saturated carbocycles. The Balaban J connectivity index is 1.66. The first kappa shape index (κ1) is 17.7. The molecule has 0 unspecified atom stereocenters. The molecule has 4 rings (SSSR count). The largest absolute Gasteiger partial charge is 0.496 e. The van der Waals surface area contributed by atoms with Gasteiger partial charge in [0.25, 0.3) is 11.5 Å². The van der Waals surface area contributed by atoms with Gasteiger partial charge in [-0.2, -0.15) is 0 Å². The molecule has 7 nitrogen and oxygen atoms in total. The Morgan fingerprint density at radius 2 is 2.04 bits per heavy atom. The van der Waals surface area contributed by atoms with E-state index in [1.54, 1.807) is 35.9 Å². The van der Waals surface area contributed by atoms with Gasteiger partial charge in [0.05, 0.1) is 18.9 Å². The van der Waals surface area contributed by atoms with Gasteiger partial charge in [0, 0.05) is 23.3 Å². The van der Waals surface area contributed by atoms with Gasteiger partial charge >= 0.3 is 0 Å². The van der Waals surface area contributed by atoms with Gasteiger partial charge in [0.15, 0.2) is 10.9 Å². The van der Waals surface area contributed by atoms with E-state index in [4.69, 9.17) is 9.15 Å². The summed E-state index contributed by atoms with van der Waals surface area (Å²) < 4.78 is 11.9. The topological polar surface area (TPSA) is 86.4 Å². The Morgan fingerprint density at radius 1 is 1.21 bits per heavy atom. The lowest BCUT2D eigenvalue weighted by atomic mass is 10.2. The van der Waals surface area contributed by atoms with E-state index in [9.17, 15) is 9.59 Å². The van der Waals surface area contributed by atoms with Gasteiger partial charge in [-0.15, -0.1) is 11.3 Å². The molecule has 3 aromatic heterocycles. The van der Waals surface area contributed by atoms with Gasteiger partial charge in [-0.05, 0) is 24.3 Å². The quantitative estimate of drug-likeness (QED) is 0.557. The molecule has 0 atom stereocenters. The van der Waals surface area contributed by atoms with E-state index < -0.39 is 5.91 Å². The van der Waals surface area contributed by atoms with E-state index in [0.29, 0.717) is 22.3 Å². The molecular formula is C20H15N3O4S. The van der Waals surface area contributed by atoms with Crippen molar-refractivity contribution in [3.05, 3.63) is 82.3 Å². The summed E-state index contributed by atoms with van der Waals surface area (Å²) in [6.45, 7) is 0. The van der Waals surface area contributed by atoms with Crippen molar-refractivity contribution in [3.63, 3.8) is 0 Å². The minimum absolute atomic E-state index is 0.192. The Morgan fingerprint density at radius 3 is 2.75 bits per heavy atom. The fourth-order valence-corrected chi connectivity index (χ4v) is 3.37.